The first-order valence-electron chi connectivity index (χ1n) is 8.88. The fraction of sp³-hybridized carbons (Fsp3) is 0.333. The van der Waals surface area contributed by atoms with Crippen molar-refractivity contribution >= 4 is 36.9 Å². The molecular formula is C21H18BrF3O2S. The van der Waals surface area contributed by atoms with E-state index in [0.29, 0.717) is 5.56 Å². The standard InChI is InChI=1S/C21H18BrF3O2S/c1-28(26,27)15-5-2-13(3-6-15)16-11-20(8-9-20)12-17(16)14-4-7-19(22)18(10-14)21(23,24)25/h2-7,10H,8-9,11-12H2,1H3. The maximum Gasteiger partial charge on any atom is 0.417 e. The summed E-state index contributed by atoms with van der Waals surface area (Å²) < 4.78 is 63.5. The van der Waals surface area contributed by atoms with Crippen LogP contribution in [-0.4, -0.2) is 14.7 Å². The molecule has 0 aliphatic heterocycles. The Hall–Kier alpha value is -1.60. The molecule has 0 saturated heterocycles. The molecule has 2 nitrogen and oxygen atoms in total. The lowest BCUT2D eigenvalue weighted by atomic mass is 9.96. The Morgan fingerprint density at radius 3 is 1.96 bits per heavy atom. The van der Waals surface area contributed by atoms with Gasteiger partial charge in [0.15, 0.2) is 9.84 Å². The normalized spacial score (nSPS) is 18.8. The van der Waals surface area contributed by atoms with Gasteiger partial charge in [-0.1, -0.05) is 34.1 Å². The molecule has 0 heterocycles. The van der Waals surface area contributed by atoms with Crippen molar-refractivity contribution < 1.29 is 21.6 Å². The number of hydrogen-bond acceptors (Lipinski definition) is 2. The molecule has 0 unspecified atom stereocenters. The minimum absolute atomic E-state index is 0.0301. The van der Waals surface area contributed by atoms with Crippen LogP contribution in [0.5, 0.6) is 0 Å². The average Bonchev–Trinajstić information content (AvgIpc) is 3.25. The molecule has 0 radical (unpaired) electrons. The van der Waals surface area contributed by atoms with E-state index in [0.717, 1.165) is 48.6 Å². The molecule has 1 saturated carbocycles. The first-order chi connectivity index (χ1) is 13.0. The van der Waals surface area contributed by atoms with E-state index in [2.05, 4.69) is 15.9 Å². The summed E-state index contributed by atoms with van der Waals surface area (Å²) in [5, 5.41) is 0. The van der Waals surface area contributed by atoms with E-state index < -0.39 is 21.6 Å². The van der Waals surface area contributed by atoms with Crippen molar-refractivity contribution in [1.82, 2.24) is 0 Å². The highest BCUT2D eigenvalue weighted by Crippen LogP contribution is 2.63. The van der Waals surface area contributed by atoms with Crippen LogP contribution in [0.15, 0.2) is 51.8 Å². The maximum absolute atomic E-state index is 13.4. The lowest BCUT2D eigenvalue weighted by molar-refractivity contribution is -0.138. The smallest absolute Gasteiger partial charge is 0.224 e. The van der Waals surface area contributed by atoms with Gasteiger partial charge in [0.05, 0.1) is 10.5 Å². The fourth-order valence-corrected chi connectivity index (χ4v) is 5.04. The number of halogens is 4. The Morgan fingerprint density at radius 2 is 1.46 bits per heavy atom. The molecule has 2 aromatic rings. The van der Waals surface area contributed by atoms with Crippen LogP contribution in [0.1, 0.15) is 42.4 Å². The first-order valence-corrected chi connectivity index (χ1v) is 11.6. The summed E-state index contributed by atoms with van der Waals surface area (Å²) in [5.74, 6) is 0. The van der Waals surface area contributed by atoms with Crippen LogP contribution in [-0.2, 0) is 16.0 Å². The predicted octanol–water partition coefficient (Wildman–Crippen LogP) is 6.36. The van der Waals surface area contributed by atoms with Crippen LogP contribution >= 0.6 is 15.9 Å². The first kappa shape index (κ1) is 19.7. The zero-order valence-electron chi connectivity index (χ0n) is 15.1. The summed E-state index contributed by atoms with van der Waals surface area (Å²) in [4.78, 5) is 0.237. The van der Waals surface area contributed by atoms with E-state index in [1.165, 1.54) is 12.1 Å². The van der Waals surface area contributed by atoms with Crippen molar-refractivity contribution in [1.29, 1.82) is 0 Å². The van der Waals surface area contributed by atoms with Gasteiger partial charge in [0, 0.05) is 10.7 Å². The van der Waals surface area contributed by atoms with Gasteiger partial charge in [0.25, 0.3) is 0 Å². The molecule has 0 amide bonds. The molecule has 2 aliphatic rings. The summed E-state index contributed by atoms with van der Waals surface area (Å²) in [7, 11) is -3.29. The quantitative estimate of drug-likeness (QED) is 0.523. The molecule has 1 fully saturated rings. The van der Waals surface area contributed by atoms with Crippen LogP contribution in [0.25, 0.3) is 11.1 Å². The molecule has 0 bridgehead atoms. The van der Waals surface area contributed by atoms with Gasteiger partial charge in [-0.2, -0.15) is 13.2 Å². The van der Waals surface area contributed by atoms with Crippen LogP contribution in [0.4, 0.5) is 13.2 Å². The summed E-state index contributed by atoms with van der Waals surface area (Å²) in [6.07, 6.45) is 0.450. The SMILES string of the molecule is CS(=O)(=O)c1ccc(C2=C(c3ccc(Br)c(C(F)(F)F)c3)CC3(CC3)C2)cc1. The van der Waals surface area contributed by atoms with Crippen LogP contribution in [0.3, 0.4) is 0 Å². The van der Waals surface area contributed by atoms with E-state index in [1.54, 1.807) is 30.3 Å². The topological polar surface area (TPSA) is 34.1 Å². The van der Waals surface area contributed by atoms with Gasteiger partial charge in [-0.15, -0.1) is 0 Å². The van der Waals surface area contributed by atoms with Gasteiger partial charge < -0.3 is 0 Å². The Morgan fingerprint density at radius 1 is 0.929 bits per heavy atom. The summed E-state index contributed by atoms with van der Waals surface area (Å²) in [6, 6.07) is 11.0. The third-order valence-electron chi connectivity index (χ3n) is 5.68. The van der Waals surface area contributed by atoms with Crippen LogP contribution in [0.2, 0.25) is 0 Å². The van der Waals surface area contributed by atoms with Crippen molar-refractivity contribution in [2.45, 2.75) is 36.8 Å². The highest BCUT2D eigenvalue weighted by atomic mass is 79.9. The van der Waals surface area contributed by atoms with Crippen molar-refractivity contribution in [3.05, 3.63) is 63.6 Å². The third-order valence-corrected chi connectivity index (χ3v) is 7.50. The summed E-state index contributed by atoms with van der Waals surface area (Å²) >= 11 is 3.00. The fourth-order valence-electron chi connectivity index (χ4n) is 3.94. The third kappa shape index (κ3) is 3.66. The Bertz CT molecular complexity index is 1080. The number of allylic oxidation sites excluding steroid dienone is 2. The molecule has 2 aliphatic carbocycles. The van der Waals surface area contributed by atoms with Gasteiger partial charge in [0.2, 0.25) is 0 Å². The minimum Gasteiger partial charge on any atom is -0.224 e. The van der Waals surface area contributed by atoms with Crippen molar-refractivity contribution in [3.8, 4) is 0 Å². The molecule has 0 atom stereocenters. The van der Waals surface area contributed by atoms with Crippen LogP contribution in [0, 0.1) is 5.41 Å². The average molecular weight is 471 g/mol. The maximum atomic E-state index is 13.4. The number of benzene rings is 2. The Kier molecular flexibility index (Phi) is 4.54. The van der Waals surface area contributed by atoms with Crippen molar-refractivity contribution in [2.75, 3.05) is 6.26 Å². The van der Waals surface area contributed by atoms with Crippen molar-refractivity contribution in [3.63, 3.8) is 0 Å². The van der Waals surface area contributed by atoms with Gasteiger partial charge >= 0.3 is 6.18 Å². The second kappa shape index (κ2) is 6.46. The zero-order chi connectivity index (χ0) is 20.3. The highest BCUT2D eigenvalue weighted by molar-refractivity contribution is 9.10. The van der Waals surface area contributed by atoms with E-state index in [9.17, 15) is 21.6 Å². The van der Waals surface area contributed by atoms with E-state index in [1.807, 2.05) is 0 Å². The monoisotopic (exact) mass is 470 g/mol. The molecule has 2 aromatic carbocycles. The lowest BCUT2D eigenvalue weighted by Crippen LogP contribution is -2.06. The minimum atomic E-state index is -4.43. The summed E-state index contributed by atoms with van der Waals surface area (Å²) in [6.45, 7) is 0. The van der Waals surface area contributed by atoms with Crippen LogP contribution < -0.4 is 0 Å². The largest absolute Gasteiger partial charge is 0.417 e. The second-order valence-electron chi connectivity index (χ2n) is 7.80. The number of alkyl halides is 3. The molecule has 0 aromatic heterocycles. The van der Waals surface area contributed by atoms with E-state index >= 15 is 0 Å². The molecule has 148 valence electrons. The number of rotatable bonds is 3. The van der Waals surface area contributed by atoms with Crippen molar-refractivity contribution in [2.24, 2.45) is 5.41 Å². The molecule has 4 rings (SSSR count). The summed E-state index contributed by atoms with van der Waals surface area (Å²) in [5.41, 5.74) is 2.90. The van der Waals surface area contributed by atoms with Gasteiger partial charge in [0.1, 0.15) is 0 Å². The molecule has 0 N–H and O–H groups in total. The predicted molar refractivity (Wildman–Crippen MR) is 106 cm³/mol. The Labute approximate surface area is 170 Å². The van der Waals surface area contributed by atoms with Gasteiger partial charge in [-0.25, -0.2) is 8.42 Å². The lowest BCUT2D eigenvalue weighted by Gasteiger charge is -2.14. The van der Waals surface area contributed by atoms with Gasteiger partial charge in [-0.3, -0.25) is 0 Å². The molecular weight excluding hydrogens is 453 g/mol. The Balaban J connectivity index is 1.81. The van der Waals surface area contributed by atoms with E-state index in [-0.39, 0.29) is 14.8 Å². The molecule has 7 heteroatoms. The van der Waals surface area contributed by atoms with Gasteiger partial charge in [-0.05, 0) is 77.6 Å². The highest BCUT2D eigenvalue weighted by Gasteiger charge is 2.48. The molecule has 1 spiro atoms. The molecule has 28 heavy (non-hydrogen) atoms. The second-order valence-corrected chi connectivity index (χ2v) is 10.7. The number of hydrogen-bond donors (Lipinski definition) is 0. The van der Waals surface area contributed by atoms with E-state index in [4.69, 9.17) is 0 Å². The zero-order valence-corrected chi connectivity index (χ0v) is 17.5. The number of sulfone groups is 1.